The molecule has 1 aromatic carbocycles. The Balaban J connectivity index is 2.25. The molecule has 0 N–H and O–H groups in total. The van der Waals surface area contributed by atoms with E-state index in [1.165, 1.54) is 37.0 Å². The SMILES string of the molecule is [2H]c1cccc2c1C1(CCCC1)C(C)=N2. The van der Waals surface area contributed by atoms with Crippen molar-refractivity contribution >= 4 is 11.4 Å². The summed E-state index contributed by atoms with van der Waals surface area (Å²) in [7, 11) is 0. The van der Waals surface area contributed by atoms with Crippen LogP contribution in [0.15, 0.2) is 29.2 Å². The van der Waals surface area contributed by atoms with Gasteiger partial charge in [-0.1, -0.05) is 31.0 Å². The highest BCUT2D eigenvalue weighted by molar-refractivity contribution is 6.00. The topological polar surface area (TPSA) is 12.4 Å². The second-order valence-corrected chi connectivity index (χ2v) is 4.42. The second kappa shape index (κ2) is 2.69. The number of fused-ring (bicyclic) bond motifs is 2. The quantitative estimate of drug-likeness (QED) is 0.587. The van der Waals surface area contributed by atoms with E-state index in [9.17, 15) is 0 Å². The Hall–Kier alpha value is -1.11. The Morgan fingerprint density at radius 1 is 1.36 bits per heavy atom. The Kier molecular flexibility index (Phi) is 1.39. The van der Waals surface area contributed by atoms with Gasteiger partial charge >= 0.3 is 0 Å². The molecular weight excluding hydrogens is 170 g/mol. The first-order valence-electron chi connectivity index (χ1n) is 5.90. The van der Waals surface area contributed by atoms with Crippen LogP contribution in [0.5, 0.6) is 0 Å². The summed E-state index contributed by atoms with van der Waals surface area (Å²) in [4.78, 5) is 4.64. The summed E-state index contributed by atoms with van der Waals surface area (Å²) < 4.78 is 8.06. The monoisotopic (exact) mass is 186 g/mol. The third kappa shape index (κ3) is 0.875. The van der Waals surface area contributed by atoms with Crippen molar-refractivity contribution < 1.29 is 1.37 Å². The van der Waals surface area contributed by atoms with Gasteiger partial charge in [-0.15, -0.1) is 0 Å². The van der Waals surface area contributed by atoms with Crippen molar-refractivity contribution in [2.75, 3.05) is 0 Å². The minimum absolute atomic E-state index is 0.133. The minimum Gasteiger partial charge on any atom is -0.257 e. The molecule has 0 aromatic heterocycles. The number of nitrogens with zero attached hydrogens (tertiary/aromatic N) is 1. The van der Waals surface area contributed by atoms with Crippen LogP contribution in [0.2, 0.25) is 0 Å². The lowest BCUT2D eigenvalue weighted by Crippen LogP contribution is -2.27. The molecule has 3 rings (SSSR count). The van der Waals surface area contributed by atoms with Crippen LogP contribution < -0.4 is 0 Å². The van der Waals surface area contributed by atoms with Gasteiger partial charge < -0.3 is 0 Å². The molecule has 1 fully saturated rings. The average Bonchev–Trinajstić information content (AvgIpc) is 2.77. The molecule has 1 nitrogen and oxygen atoms in total. The smallest absolute Gasteiger partial charge is 0.0670 e. The molecule has 1 aromatic rings. The van der Waals surface area contributed by atoms with Crippen molar-refractivity contribution in [2.24, 2.45) is 4.99 Å². The third-order valence-electron chi connectivity index (χ3n) is 3.75. The van der Waals surface area contributed by atoms with Crippen LogP contribution in [0.4, 0.5) is 5.69 Å². The number of para-hydroxylation sites is 1. The van der Waals surface area contributed by atoms with Crippen LogP contribution in [0.3, 0.4) is 0 Å². The summed E-state index contributed by atoms with van der Waals surface area (Å²) in [5.41, 5.74) is 3.60. The van der Waals surface area contributed by atoms with E-state index in [1.54, 1.807) is 0 Å². The fourth-order valence-corrected chi connectivity index (χ4v) is 2.96. The van der Waals surface area contributed by atoms with Gasteiger partial charge in [0.2, 0.25) is 0 Å². The van der Waals surface area contributed by atoms with E-state index in [1.807, 2.05) is 18.2 Å². The summed E-state index contributed by atoms with van der Waals surface area (Å²) in [6.07, 6.45) is 4.93. The van der Waals surface area contributed by atoms with E-state index in [0.29, 0.717) is 6.04 Å². The zero-order chi connectivity index (χ0) is 10.5. The molecule has 14 heavy (non-hydrogen) atoms. The normalized spacial score (nSPS) is 23.5. The maximum absolute atomic E-state index is 8.06. The molecule has 0 unspecified atom stereocenters. The van der Waals surface area contributed by atoms with E-state index < -0.39 is 0 Å². The lowest BCUT2D eigenvalue weighted by molar-refractivity contribution is 0.610. The Labute approximate surface area is 86.3 Å². The molecule has 1 heteroatoms. The Morgan fingerprint density at radius 3 is 2.93 bits per heavy atom. The fourth-order valence-electron chi connectivity index (χ4n) is 2.96. The number of hydrogen-bond donors (Lipinski definition) is 0. The first-order chi connectivity index (χ1) is 7.24. The molecule has 1 heterocycles. The molecule has 1 spiro atoms. The summed E-state index contributed by atoms with van der Waals surface area (Å²) >= 11 is 0. The first kappa shape index (κ1) is 7.22. The lowest BCUT2D eigenvalue weighted by Gasteiger charge is -2.24. The van der Waals surface area contributed by atoms with Crippen LogP contribution in [0.1, 0.15) is 39.5 Å². The molecule has 0 atom stereocenters. The van der Waals surface area contributed by atoms with Crippen molar-refractivity contribution in [3.8, 4) is 0 Å². The molecule has 0 amide bonds. The van der Waals surface area contributed by atoms with E-state index in [2.05, 4.69) is 11.9 Å². The molecule has 2 aliphatic rings. The zero-order valence-electron chi connectivity index (χ0n) is 9.51. The fraction of sp³-hybridized carbons (Fsp3) is 0.462. The van der Waals surface area contributed by atoms with Gasteiger partial charge in [0.05, 0.1) is 7.06 Å². The molecular formula is C13H15N. The zero-order valence-corrected chi connectivity index (χ0v) is 8.51. The summed E-state index contributed by atoms with van der Waals surface area (Å²) in [6.45, 7) is 2.13. The Morgan fingerprint density at radius 2 is 2.14 bits per heavy atom. The average molecular weight is 186 g/mol. The van der Waals surface area contributed by atoms with E-state index in [0.717, 1.165) is 5.69 Å². The van der Waals surface area contributed by atoms with Crippen LogP contribution >= 0.6 is 0 Å². The molecule has 1 aliphatic heterocycles. The predicted molar refractivity (Wildman–Crippen MR) is 59.4 cm³/mol. The van der Waals surface area contributed by atoms with Crippen molar-refractivity contribution in [1.82, 2.24) is 0 Å². The molecule has 1 saturated carbocycles. The van der Waals surface area contributed by atoms with Gasteiger partial charge in [0.15, 0.2) is 0 Å². The standard InChI is InChI=1S/C13H15N/c1-10-13(8-4-5-9-13)11-6-2-3-7-12(11)14-10/h2-3,6-7H,4-5,8-9H2,1H3/i6D. The van der Waals surface area contributed by atoms with Crippen molar-refractivity contribution in [2.45, 2.75) is 38.0 Å². The largest absolute Gasteiger partial charge is 0.257 e. The Bertz CT molecular complexity index is 442. The van der Waals surface area contributed by atoms with E-state index in [4.69, 9.17) is 1.37 Å². The first-order valence-corrected chi connectivity index (χ1v) is 5.40. The van der Waals surface area contributed by atoms with Gasteiger partial charge in [-0.2, -0.15) is 0 Å². The van der Waals surface area contributed by atoms with Crippen molar-refractivity contribution in [3.05, 3.63) is 29.8 Å². The maximum Gasteiger partial charge on any atom is 0.0670 e. The highest BCUT2D eigenvalue weighted by Gasteiger charge is 2.42. The maximum atomic E-state index is 8.06. The summed E-state index contributed by atoms with van der Waals surface area (Å²) in [5.74, 6) is 0. The van der Waals surface area contributed by atoms with Crippen LogP contribution in [0, 0.1) is 0 Å². The number of aliphatic imine (C=N–C) groups is 1. The minimum atomic E-state index is 0.133. The van der Waals surface area contributed by atoms with Crippen LogP contribution in [-0.2, 0) is 5.41 Å². The van der Waals surface area contributed by atoms with E-state index >= 15 is 0 Å². The third-order valence-corrected chi connectivity index (χ3v) is 3.75. The molecule has 0 saturated heterocycles. The van der Waals surface area contributed by atoms with E-state index in [-0.39, 0.29) is 5.41 Å². The number of benzene rings is 1. The molecule has 1 aliphatic carbocycles. The highest BCUT2D eigenvalue weighted by Crippen LogP contribution is 2.49. The highest BCUT2D eigenvalue weighted by atomic mass is 14.8. The summed E-state index contributed by atoms with van der Waals surface area (Å²) in [5, 5.41) is 0. The molecule has 0 radical (unpaired) electrons. The van der Waals surface area contributed by atoms with Crippen LogP contribution in [0.25, 0.3) is 0 Å². The van der Waals surface area contributed by atoms with Gasteiger partial charge in [-0.25, -0.2) is 0 Å². The van der Waals surface area contributed by atoms with Crippen molar-refractivity contribution in [3.63, 3.8) is 0 Å². The van der Waals surface area contributed by atoms with Crippen LogP contribution in [-0.4, -0.2) is 5.71 Å². The number of rotatable bonds is 0. The van der Waals surface area contributed by atoms with Gasteiger partial charge in [-0.05, 0) is 31.4 Å². The molecule has 72 valence electrons. The summed E-state index contributed by atoms with van der Waals surface area (Å²) in [6, 6.07) is 6.55. The van der Waals surface area contributed by atoms with Gasteiger partial charge in [0, 0.05) is 11.1 Å². The van der Waals surface area contributed by atoms with Gasteiger partial charge in [-0.3, -0.25) is 4.99 Å². The van der Waals surface area contributed by atoms with Gasteiger partial charge in [0.25, 0.3) is 0 Å². The van der Waals surface area contributed by atoms with Crippen molar-refractivity contribution in [1.29, 1.82) is 0 Å². The second-order valence-electron chi connectivity index (χ2n) is 4.42. The number of hydrogen-bond acceptors (Lipinski definition) is 1. The molecule has 0 bridgehead atoms. The van der Waals surface area contributed by atoms with Gasteiger partial charge in [0.1, 0.15) is 0 Å². The lowest BCUT2D eigenvalue weighted by atomic mass is 9.77. The predicted octanol–water partition coefficient (Wildman–Crippen LogP) is 3.60.